The van der Waals surface area contributed by atoms with Gasteiger partial charge in [-0.3, -0.25) is 15.6 Å². The third-order valence-corrected chi connectivity index (χ3v) is 6.93. The van der Waals surface area contributed by atoms with Gasteiger partial charge >= 0.3 is 0 Å². The van der Waals surface area contributed by atoms with Crippen molar-refractivity contribution in [3.63, 3.8) is 0 Å². The highest BCUT2D eigenvalue weighted by molar-refractivity contribution is 9.10. The molecule has 4 fully saturated rings. The molecule has 0 saturated heterocycles. The summed E-state index contributed by atoms with van der Waals surface area (Å²) in [6, 6.07) is 2.01. The Labute approximate surface area is 155 Å². The van der Waals surface area contributed by atoms with E-state index in [1.165, 1.54) is 19.3 Å². The molecule has 0 radical (unpaired) electrons. The smallest absolute Gasteiger partial charge is 0.250 e. The van der Waals surface area contributed by atoms with Gasteiger partial charge in [0.2, 0.25) is 17.5 Å². The van der Waals surface area contributed by atoms with Crippen molar-refractivity contribution in [3.8, 4) is 6.07 Å². The van der Waals surface area contributed by atoms with Crippen LogP contribution < -0.4 is 10.9 Å². The van der Waals surface area contributed by atoms with Crippen LogP contribution in [-0.2, 0) is 4.79 Å². The number of hydrogen-bond acceptors (Lipinski definition) is 5. The molecule has 4 aliphatic rings. The lowest BCUT2D eigenvalue weighted by Crippen LogP contribution is -2.58. The Hall–Kier alpha value is -1.55. The zero-order chi connectivity index (χ0) is 17.8. The average Bonchev–Trinajstić information content (AvgIpc) is 2.93. The molecule has 134 valence electrons. The first kappa shape index (κ1) is 16.9. The van der Waals surface area contributed by atoms with Gasteiger partial charge in [0.25, 0.3) is 5.88 Å². The van der Waals surface area contributed by atoms with Crippen molar-refractivity contribution in [1.82, 2.24) is 10.4 Å². The van der Waals surface area contributed by atoms with E-state index >= 15 is 0 Å². The number of aromatic nitrogens is 1. The van der Waals surface area contributed by atoms with Crippen LogP contribution in [0.15, 0.2) is 4.42 Å². The minimum atomic E-state index is -0.311. The normalized spacial score (nSPS) is 35.6. The Morgan fingerprint density at radius 2 is 2.04 bits per heavy atom. The minimum Gasteiger partial charge on any atom is -0.422 e. The summed E-state index contributed by atoms with van der Waals surface area (Å²) in [7, 11) is 0. The van der Waals surface area contributed by atoms with Crippen molar-refractivity contribution < 1.29 is 9.21 Å². The Kier molecular flexibility index (Phi) is 3.87. The first-order chi connectivity index (χ1) is 11.8. The first-order valence-electron chi connectivity index (χ1n) is 8.99. The van der Waals surface area contributed by atoms with Crippen LogP contribution in [0.25, 0.3) is 0 Å². The van der Waals surface area contributed by atoms with Gasteiger partial charge in [-0.2, -0.15) is 5.26 Å². The Morgan fingerprint density at radius 3 is 2.60 bits per heavy atom. The number of hydrogen-bond donors (Lipinski definition) is 2. The van der Waals surface area contributed by atoms with Gasteiger partial charge in [-0.1, -0.05) is 29.8 Å². The zero-order valence-electron chi connectivity index (χ0n) is 14.6. The van der Waals surface area contributed by atoms with E-state index in [-0.39, 0.29) is 33.1 Å². The molecule has 25 heavy (non-hydrogen) atoms. The van der Waals surface area contributed by atoms with E-state index in [1.807, 2.05) is 19.9 Å². The highest BCUT2D eigenvalue weighted by Gasteiger charge is 2.59. The number of rotatable bonds is 4. The molecule has 0 aromatic carbocycles. The van der Waals surface area contributed by atoms with E-state index in [1.54, 1.807) is 0 Å². The molecule has 0 unspecified atom stereocenters. The second-order valence-electron chi connectivity index (χ2n) is 8.47. The lowest BCUT2D eigenvalue weighted by atomic mass is 9.49. The molecule has 4 bridgehead atoms. The van der Waals surface area contributed by atoms with Gasteiger partial charge in [-0.25, -0.2) is 4.98 Å². The van der Waals surface area contributed by atoms with Crippen molar-refractivity contribution in [2.45, 2.75) is 62.6 Å². The number of amides is 1. The SMILES string of the molecule is CC(C)c1nc(C#N)c(NNC(=O)C23C[C@H]4C[C@@H](CC(Br)(C4)C2)C3)o1. The number of oxazole rings is 1. The molecule has 1 amide bonds. The molecule has 1 aromatic rings. The van der Waals surface area contributed by atoms with Crippen LogP contribution in [0.5, 0.6) is 0 Å². The highest BCUT2D eigenvalue weighted by Crippen LogP contribution is 2.64. The van der Waals surface area contributed by atoms with Crippen LogP contribution >= 0.6 is 15.9 Å². The van der Waals surface area contributed by atoms with Crippen molar-refractivity contribution in [3.05, 3.63) is 11.6 Å². The molecule has 7 heteroatoms. The van der Waals surface area contributed by atoms with Crippen molar-refractivity contribution in [2.75, 3.05) is 5.43 Å². The number of nitriles is 1. The van der Waals surface area contributed by atoms with Gasteiger partial charge in [0.05, 0.1) is 5.41 Å². The number of hydrazine groups is 1. The van der Waals surface area contributed by atoms with Crippen LogP contribution in [0.4, 0.5) is 5.88 Å². The number of anilines is 1. The summed E-state index contributed by atoms with van der Waals surface area (Å²) in [6.45, 7) is 3.89. The Balaban J connectivity index is 1.49. The van der Waals surface area contributed by atoms with E-state index in [9.17, 15) is 10.1 Å². The summed E-state index contributed by atoms with van der Waals surface area (Å²) in [5, 5.41) is 9.21. The maximum Gasteiger partial charge on any atom is 0.250 e. The van der Waals surface area contributed by atoms with Gasteiger partial charge in [-0.15, -0.1) is 0 Å². The number of nitrogens with one attached hydrogen (secondary N) is 2. The fraction of sp³-hybridized carbons (Fsp3) is 0.722. The van der Waals surface area contributed by atoms with E-state index in [0.717, 1.165) is 19.3 Å². The molecular formula is C18H23BrN4O2. The summed E-state index contributed by atoms with van der Waals surface area (Å²) < 4.78 is 5.72. The van der Waals surface area contributed by atoms with Crippen LogP contribution in [0, 0.1) is 28.6 Å². The molecule has 0 aliphatic heterocycles. The second kappa shape index (κ2) is 5.73. The molecule has 2 atom stereocenters. The second-order valence-corrected chi connectivity index (χ2v) is 10.1. The lowest BCUT2D eigenvalue weighted by molar-refractivity contribution is -0.143. The molecule has 4 saturated carbocycles. The van der Waals surface area contributed by atoms with Gasteiger partial charge in [0.1, 0.15) is 6.07 Å². The predicted octanol–water partition coefficient (Wildman–Crippen LogP) is 3.85. The Bertz CT molecular complexity index is 737. The minimum absolute atomic E-state index is 0.0109. The van der Waals surface area contributed by atoms with E-state index in [0.29, 0.717) is 17.7 Å². The summed E-state index contributed by atoms with van der Waals surface area (Å²) in [5.41, 5.74) is 5.48. The third-order valence-electron chi connectivity index (χ3n) is 6.00. The van der Waals surface area contributed by atoms with Crippen LogP contribution in [0.2, 0.25) is 0 Å². The molecule has 0 spiro atoms. The molecule has 1 heterocycles. The van der Waals surface area contributed by atoms with Crippen LogP contribution in [0.1, 0.15) is 69.9 Å². The third kappa shape index (κ3) is 2.84. The lowest BCUT2D eigenvalue weighted by Gasteiger charge is -2.59. The fourth-order valence-electron chi connectivity index (χ4n) is 5.41. The van der Waals surface area contributed by atoms with Crippen LogP contribution in [-0.4, -0.2) is 15.2 Å². The maximum atomic E-state index is 13.0. The molecular weight excluding hydrogens is 384 g/mol. The number of halogens is 1. The summed E-state index contributed by atoms with van der Waals surface area (Å²) >= 11 is 3.93. The molecule has 1 aromatic heterocycles. The van der Waals surface area contributed by atoms with Gasteiger partial charge in [0, 0.05) is 10.2 Å². The standard InChI is InChI=1S/C18H23BrN4O2/c1-10(2)14-21-13(8-20)15(25-14)22-23-16(24)17-4-11-3-12(5-17)7-18(19,6-11)9-17/h10-12,22H,3-7,9H2,1-2H3,(H,23,24)/t11-,12-,17?,18?/m1/s1. The predicted molar refractivity (Wildman–Crippen MR) is 95.8 cm³/mol. The summed E-state index contributed by atoms with van der Waals surface area (Å²) in [6.07, 6.45) is 6.44. The maximum absolute atomic E-state index is 13.0. The zero-order valence-corrected chi connectivity index (χ0v) is 16.1. The average molecular weight is 407 g/mol. The largest absolute Gasteiger partial charge is 0.422 e. The highest BCUT2D eigenvalue weighted by atomic mass is 79.9. The van der Waals surface area contributed by atoms with Crippen molar-refractivity contribution in [2.24, 2.45) is 17.3 Å². The van der Waals surface area contributed by atoms with E-state index < -0.39 is 0 Å². The molecule has 2 N–H and O–H groups in total. The Morgan fingerprint density at radius 1 is 1.36 bits per heavy atom. The molecule has 4 aliphatic carbocycles. The number of carbonyl (C=O) groups is 1. The summed E-state index contributed by atoms with van der Waals surface area (Å²) in [4.78, 5) is 17.2. The van der Waals surface area contributed by atoms with Crippen molar-refractivity contribution >= 4 is 27.7 Å². The number of alkyl halides is 1. The van der Waals surface area contributed by atoms with E-state index in [4.69, 9.17) is 4.42 Å². The first-order valence-corrected chi connectivity index (χ1v) is 9.78. The van der Waals surface area contributed by atoms with E-state index in [2.05, 4.69) is 31.8 Å². The fourth-order valence-corrected chi connectivity index (χ4v) is 6.86. The molecule has 5 rings (SSSR count). The van der Waals surface area contributed by atoms with Crippen molar-refractivity contribution in [1.29, 1.82) is 5.26 Å². The van der Waals surface area contributed by atoms with Gasteiger partial charge in [0.15, 0.2) is 0 Å². The quantitative estimate of drug-likeness (QED) is 0.585. The topological polar surface area (TPSA) is 91.0 Å². The van der Waals surface area contributed by atoms with Gasteiger partial charge < -0.3 is 4.42 Å². The van der Waals surface area contributed by atoms with Crippen LogP contribution in [0.3, 0.4) is 0 Å². The number of nitrogens with zero attached hydrogens (tertiary/aromatic N) is 2. The monoisotopic (exact) mass is 406 g/mol. The molecule has 6 nitrogen and oxygen atoms in total. The van der Waals surface area contributed by atoms with Gasteiger partial charge in [-0.05, 0) is 50.4 Å². The summed E-state index contributed by atoms with van der Waals surface area (Å²) in [5.74, 6) is 2.07. The number of carbonyl (C=O) groups excluding carboxylic acids is 1.